The van der Waals surface area contributed by atoms with Crippen molar-refractivity contribution in [1.82, 2.24) is 0 Å². The van der Waals surface area contributed by atoms with Gasteiger partial charge in [-0.25, -0.2) is 0 Å². The van der Waals surface area contributed by atoms with Crippen LogP contribution >= 0.6 is 11.6 Å². The fraction of sp³-hybridized carbons (Fsp3) is 0.312. The lowest BCUT2D eigenvalue weighted by molar-refractivity contribution is -0.132. The van der Waals surface area contributed by atoms with Gasteiger partial charge in [-0.05, 0) is 79.3 Å². The highest BCUT2D eigenvalue weighted by atomic mass is 35.5. The SMILES string of the molecule is COc1c(Cl)cc(C)cc1/C(O)=C1\C(=O)C(=O)N(c2ccc(OC(C)C)cc2)C1c1ccc(C(C)(C)C)cc1. The molecule has 1 amide bonds. The first-order chi connectivity index (χ1) is 18.3. The number of aliphatic hydroxyl groups is 1. The third kappa shape index (κ3) is 5.52. The molecule has 0 aliphatic carbocycles. The Kier molecular flexibility index (Phi) is 7.80. The monoisotopic (exact) mass is 547 g/mol. The van der Waals surface area contributed by atoms with Crippen LogP contribution in [0.5, 0.6) is 11.5 Å². The summed E-state index contributed by atoms with van der Waals surface area (Å²) in [4.78, 5) is 28.6. The zero-order valence-electron chi connectivity index (χ0n) is 23.3. The van der Waals surface area contributed by atoms with Gasteiger partial charge in [-0.15, -0.1) is 0 Å². The Labute approximate surface area is 234 Å². The molecule has 6 nitrogen and oxygen atoms in total. The molecule has 1 saturated heterocycles. The molecule has 0 aromatic heterocycles. The number of nitrogens with zero attached hydrogens (tertiary/aromatic N) is 1. The first kappa shape index (κ1) is 28.2. The third-order valence-corrected chi connectivity index (χ3v) is 6.95. The Balaban J connectivity index is 1.94. The number of hydrogen-bond acceptors (Lipinski definition) is 5. The van der Waals surface area contributed by atoms with Crippen molar-refractivity contribution in [1.29, 1.82) is 0 Å². The number of rotatable bonds is 6. The minimum Gasteiger partial charge on any atom is -0.507 e. The van der Waals surface area contributed by atoms with Crippen LogP contribution in [0.3, 0.4) is 0 Å². The molecule has 1 heterocycles. The molecule has 4 rings (SSSR count). The van der Waals surface area contributed by atoms with E-state index in [0.717, 1.165) is 11.1 Å². The normalized spacial score (nSPS) is 17.2. The zero-order chi connectivity index (χ0) is 28.6. The molecule has 1 aliphatic heterocycles. The second-order valence-corrected chi connectivity index (χ2v) is 11.4. The van der Waals surface area contributed by atoms with Gasteiger partial charge in [-0.3, -0.25) is 14.5 Å². The van der Waals surface area contributed by atoms with Gasteiger partial charge in [-0.1, -0.05) is 56.6 Å². The van der Waals surface area contributed by atoms with E-state index in [1.54, 1.807) is 36.4 Å². The number of carbonyl (C=O) groups excluding carboxylic acids is 2. The smallest absolute Gasteiger partial charge is 0.300 e. The van der Waals surface area contributed by atoms with E-state index in [4.69, 9.17) is 21.1 Å². The van der Waals surface area contributed by atoms with E-state index in [-0.39, 0.29) is 34.2 Å². The average molecular weight is 548 g/mol. The fourth-order valence-electron chi connectivity index (χ4n) is 4.79. The lowest BCUT2D eigenvalue weighted by Gasteiger charge is -2.27. The van der Waals surface area contributed by atoms with Gasteiger partial charge in [0.1, 0.15) is 17.3 Å². The molecule has 0 radical (unpaired) electrons. The number of halogens is 1. The summed E-state index contributed by atoms with van der Waals surface area (Å²) in [6.07, 6.45) is -0.0115. The number of amides is 1. The highest BCUT2D eigenvalue weighted by molar-refractivity contribution is 6.51. The van der Waals surface area contributed by atoms with Crippen LogP contribution in [-0.2, 0) is 15.0 Å². The molecule has 0 saturated carbocycles. The quantitative estimate of drug-likeness (QED) is 0.198. The minimum absolute atomic E-state index is 0.0115. The maximum absolute atomic E-state index is 13.6. The van der Waals surface area contributed by atoms with E-state index in [1.807, 2.05) is 45.0 Å². The van der Waals surface area contributed by atoms with E-state index in [1.165, 1.54) is 12.0 Å². The number of ether oxygens (including phenoxy) is 2. The molecule has 1 unspecified atom stereocenters. The van der Waals surface area contributed by atoms with Crippen LogP contribution in [0.25, 0.3) is 5.76 Å². The fourth-order valence-corrected chi connectivity index (χ4v) is 5.15. The second kappa shape index (κ2) is 10.8. The Morgan fingerprint density at radius 3 is 2.15 bits per heavy atom. The molecule has 1 fully saturated rings. The van der Waals surface area contributed by atoms with Gasteiger partial charge < -0.3 is 14.6 Å². The van der Waals surface area contributed by atoms with Crippen LogP contribution in [0.1, 0.15) is 62.9 Å². The summed E-state index contributed by atoms with van der Waals surface area (Å²) in [7, 11) is 1.44. The first-order valence-electron chi connectivity index (χ1n) is 12.9. The van der Waals surface area contributed by atoms with Crippen molar-refractivity contribution < 1.29 is 24.2 Å². The van der Waals surface area contributed by atoms with Crippen LogP contribution in [0.2, 0.25) is 5.02 Å². The van der Waals surface area contributed by atoms with Gasteiger partial charge >= 0.3 is 0 Å². The molecule has 0 bridgehead atoms. The summed E-state index contributed by atoms with van der Waals surface area (Å²) in [6, 6.07) is 17.3. The maximum Gasteiger partial charge on any atom is 0.300 e. The molecule has 204 valence electrons. The summed E-state index contributed by atoms with van der Waals surface area (Å²) in [5.74, 6) is -1.00. The molecule has 0 spiro atoms. The molecule has 1 aliphatic rings. The van der Waals surface area contributed by atoms with E-state index in [0.29, 0.717) is 22.0 Å². The zero-order valence-corrected chi connectivity index (χ0v) is 24.1. The molecule has 7 heteroatoms. The first-order valence-corrected chi connectivity index (χ1v) is 13.2. The van der Waals surface area contributed by atoms with Crippen molar-refractivity contribution in [3.63, 3.8) is 0 Å². The molecular formula is C32H34ClNO5. The lowest BCUT2D eigenvalue weighted by Crippen LogP contribution is -2.29. The number of aliphatic hydroxyl groups excluding tert-OH is 1. The number of anilines is 1. The predicted molar refractivity (Wildman–Crippen MR) is 155 cm³/mol. The second-order valence-electron chi connectivity index (χ2n) is 11.0. The van der Waals surface area contributed by atoms with Gasteiger partial charge in [0.15, 0.2) is 0 Å². The lowest BCUT2D eigenvalue weighted by atomic mass is 9.85. The van der Waals surface area contributed by atoms with E-state index in [9.17, 15) is 14.7 Å². The van der Waals surface area contributed by atoms with Crippen molar-refractivity contribution in [2.24, 2.45) is 0 Å². The molecule has 3 aromatic carbocycles. The van der Waals surface area contributed by atoms with Gasteiger partial charge in [0.05, 0.1) is 35.4 Å². The topological polar surface area (TPSA) is 76.1 Å². The number of carbonyl (C=O) groups is 2. The molecule has 1 atom stereocenters. The molecule has 39 heavy (non-hydrogen) atoms. The summed E-state index contributed by atoms with van der Waals surface area (Å²) < 4.78 is 11.2. The maximum atomic E-state index is 13.6. The van der Waals surface area contributed by atoms with Crippen molar-refractivity contribution in [2.45, 2.75) is 59.1 Å². The number of methoxy groups -OCH3 is 1. The Hall–Kier alpha value is -3.77. The standard InChI is InChI=1S/C32H34ClNO5/c1-18(2)39-23-14-12-22(13-15-23)34-27(20-8-10-21(11-9-20)32(4,5)6)26(29(36)31(34)37)28(35)24-16-19(3)17-25(33)30(24)38-7/h8-18,27,35H,1-7H3/b28-26+. The number of hydrogen-bond donors (Lipinski definition) is 1. The van der Waals surface area contributed by atoms with Crippen molar-refractivity contribution >= 4 is 34.7 Å². The summed E-state index contributed by atoms with van der Waals surface area (Å²) in [5.41, 5.74) is 3.19. The number of benzene rings is 3. The molecule has 3 aromatic rings. The predicted octanol–water partition coefficient (Wildman–Crippen LogP) is 7.37. The van der Waals surface area contributed by atoms with Crippen molar-refractivity contribution in [3.05, 3.63) is 93.5 Å². The van der Waals surface area contributed by atoms with E-state index >= 15 is 0 Å². The number of aryl methyl sites for hydroxylation is 1. The highest BCUT2D eigenvalue weighted by Gasteiger charge is 2.47. The Morgan fingerprint density at radius 2 is 1.62 bits per heavy atom. The van der Waals surface area contributed by atoms with Gasteiger partial charge in [0.2, 0.25) is 0 Å². The van der Waals surface area contributed by atoms with Crippen LogP contribution in [-0.4, -0.2) is 30.0 Å². The van der Waals surface area contributed by atoms with Crippen LogP contribution in [0, 0.1) is 6.92 Å². The van der Waals surface area contributed by atoms with Crippen molar-refractivity contribution in [3.8, 4) is 11.5 Å². The van der Waals surface area contributed by atoms with Crippen LogP contribution in [0.15, 0.2) is 66.2 Å². The Morgan fingerprint density at radius 1 is 1.00 bits per heavy atom. The molecule has 1 N–H and O–H groups in total. The van der Waals surface area contributed by atoms with Crippen LogP contribution < -0.4 is 14.4 Å². The van der Waals surface area contributed by atoms with Gasteiger partial charge in [0, 0.05) is 5.69 Å². The summed E-state index contributed by atoms with van der Waals surface area (Å²) >= 11 is 6.41. The van der Waals surface area contributed by atoms with Gasteiger partial charge in [-0.2, -0.15) is 0 Å². The summed E-state index contributed by atoms with van der Waals surface area (Å²) in [6.45, 7) is 12.0. The van der Waals surface area contributed by atoms with Gasteiger partial charge in [0.25, 0.3) is 11.7 Å². The minimum atomic E-state index is -0.875. The largest absolute Gasteiger partial charge is 0.507 e. The average Bonchev–Trinajstić information content (AvgIpc) is 3.13. The van der Waals surface area contributed by atoms with E-state index < -0.39 is 17.7 Å². The van der Waals surface area contributed by atoms with E-state index in [2.05, 4.69) is 20.8 Å². The Bertz CT molecular complexity index is 1430. The number of ketones is 1. The molecular weight excluding hydrogens is 514 g/mol. The summed E-state index contributed by atoms with van der Waals surface area (Å²) in [5, 5.41) is 11.9. The highest BCUT2D eigenvalue weighted by Crippen LogP contribution is 2.45. The third-order valence-electron chi connectivity index (χ3n) is 6.67. The van der Waals surface area contributed by atoms with Crippen molar-refractivity contribution in [2.75, 3.05) is 12.0 Å². The number of Topliss-reactive ketones (excluding diaryl/α,β-unsaturated/α-hetero) is 1. The van der Waals surface area contributed by atoms with Crippen LogP contribution in [0.4, 0.5) is 5.69 Å².